The highest BCUT2D eigenvalue weighted by Crippen LogP contribution is 2.31. The number of aromatic nitrogens is 1. The van der Waals surface area contributed by atoms with Crippen molar-refractivity contribution in [1.29, 1.82) is 0 Å². The first-order chi connectivity index (χ1) is 9.31. The van der Waals surface area contributed by atoms with Crippen LogP contribution in [0.4, 0.5) is 0 Å². The summed E-state index contributed by atoms with van der Waals surface area (Å²) in [6.45, 7) is 5.45. The van der Waals surface area contributed by atoms with Gasteiger partial charge in [-0.1, -0.05) is 43.0 Å². The number of nitrogens with zero attached hydrogens (tertiary/aromatic N) is 1. The average molecular weight is 272 g/mol. The Bertz CT molecular complexity index is 499. The molecule has 0 amide bonds. The molecule has 3 heteroatoms. The van der Waals surface area contributed by atoms with Crippen LogP contribution in [-0.2, 0) is 0 Å². The Balaban J connectivity index is 2.16. The monoisotopic (exact) mass is 272 g/mol. The molecule has 0 saturated carbocycles. The largest absolute Gasteiger partial charge is 0.310 e. The molecule has 1 unspecified atom stereocenters. The molecule has 2 nitrogen and oxygen atoms in total. The number of hydrogen-bond acceptors (Lipinski definition) is 3. The molecule has 1 aromatic heterocycles. The Labute approximate surface area is 119 Å². The normalized spacial score (nSPS) is 12.3. The first-order valence-electron chi connectivity index (χ1n) is 6.72. The van der Waals surface area contributed by atoms with Crippen molar-refractivity contribution in [2.75, 3.05) is 6.54 Å². The second kappa shape index (κ2) is 7.31. The Kier molecular flexibility index (Phi) is 5.43. The van der Waals surface area contributed by atoms with Crippen molar-refractivity contribution in [3.05, 3.63) is 54.2 Å². The van der Waals surface area contributed by atoms with Gasteiger partial charge in [-0.05, 0) is 43.7 Å². The molecule has 100 valence electrons. The molecule has 2 aromatic rings. The predicted octanol–water partition coefficient (Wildman–Crippen LogP) is 4.29. The summed E-state index contributed by atoms with van der Waals surface area (Å²) in [5.74, 6) is 0. The van der Waals surface area contributed by atoms with Gasteiger partial charge in [0.1, 0.15) is 5.03 Å². The zero-order valence-electron chi connectivity index (χ0n) is 11.5. The molecule has 0 aliphatic rings. The predicted molar refractivity (Wildman–Crippen MR) is 81.5 cm³/mol. The maximum Gasteiger partial charge on any atom is 0.101 e. The van der Waals surface area contributed by atoms with Gasteiger partial charge in [-0.25, -0.2) is 4.98 Å². The number of nitrogens with one attached hydrogen (secondary N) is 1. The molecule has 19 heavy (non-hydrogen) atoms. The van der Waals surface area contributed by atoms with Crippen LogP contribution in [0.1, 0.15) is 31.9 Å². The van der Waals surface area contributed by atoms with E-state index in [9.17, 15) is 0 Å². The molecule has 1 atom stereocenters. The van der Waals surface area contributed by atoms with Gasteiger partial charge in [0.15, 0.2) is 0 Å². The lowest BCUT2D eigenvalue weighted by Crippen LogP contribution is -2.19. The van der Waals surface area contributed by atoms with Crippen LogP contribution in [0.3, 0.4) is 0 Å². The molecule has 1 heterocycles. The van der Waals surface area contributed by atoms with E-state index in [1.54, 1.807) is 11.8 Å². The molecule has 0 bridgehead atoms. The first-order valence-corrected chi connectivity index (χ1v) is 7.54. The maximum atomic E-state index is 4.38. The zero-order chi connectivity index (χ0) is 13.5. The highest BCUT2D eigenvalue weighted by molar-refractivity contribution is 7.99. The minimum atomic E-state index is 0.368. The molecule has 0 aliphatic carbocycles. The Morgan fingerprint density at radius 3 is 2.68 bits per heavy atom. The smallest absolute Gasteiger partial charge is 0.101 e. The van der Waals surface area contributed by atoms with Crippen LogP contribution < -0.4 is 5.32 Å². The van der Waals surface area contributed by atoms with Crippen LogP contribution in [0.5, 0.6) is 0 Å². The number of benzene rings is 1. The lowest BCUT2D eigenvalue weighted by atomic mass is 10.1. The van der Waals surface area contributed by atoms with E-state index in [0.29, 0.717) is 6.04 Å². The summed E-state index contributed by atoms with van der Waals surface area (Å²) in [7, 11) is 0. The molecule has 1 aromatic carbocycles. The third kappa shape index (κ3) is 4.08. The van der Waals surface area contributed by atoms with Gasteiger partial charge in [0.05, 0.1) is 0 Å². The van der Waals surface area contributed by atoms with Gasteiger partial charge in [0, 0.05) is 17.1 Å². The summed E-state index contributed by atoms with van der Waals surface area (Å²) in [4.78, 5) is 5.65. The summed E-state index contributed by atoms with van der Waals surface area (Å²) >= 11 is 1.72. The fraction of sp³-hybridized carbons (Fsp3) is 0.312. The summed E-state index contributed by atoms with van der Waals surface area (Å²) in [6, 6.07) is 14.9. The zero-order valence-corrected chi connectivity index (χ0v) is 12.3. The van der Waals surface area contributed by atoms with E-state index >= 15 is 0 Å². The van der Waals surface area contributed by atoms with Crippen LogP contribution in [0.25, 0.3) is 0 Å². The van der Waals surface area contributed by atoms with Gasteiger partial charge in [0.2, 0.25) is 0 Å². The topological polar surface area (TPSA) is 24.9 Å². The second-order valence-corrected chi connectivity index (χ2v) is 5.55. The Morgan fingerprint density at radius 1 is 1.16 bits per heavy atom. The van der Waals surface area contributed by atoms with Crippen LogP contribution in [0, 0.1) is 0 Å². The first kappa shape index (κ1) is 14.1. The van der Waals surface area contributed by atoms with Crippen LogP contribution in [0.2, 0.25) is 0 Å². The molecule has 0 fully saturated rings. The van der Waals surface area contributed by atoms with E-state index in [1.165, 1.54) is 10.5 Å². The van der Waals surface area contributed by atoms with E-state index < -0.39 is 0 Å². The molecular formula is C16H20N2S. The molecule has 0 saturated heterocycles. The molecule has 2 rings (SSSR count). The summed E-state index contributed by atoms with van der Waals surface area (Å²) in [5, 5.41) is 4.58. The standard InChI is InChI=1S/C16H20N2S/c1-3-11-17-13(2)14-8-4-5-9-15(14)19-16-10-6-7-12-18-16/h4-10,12-13,17H,3,11H2,1-2H3. The highest BCUT2D eigenvalue weighted by Gasteiger charge is 2.10. The molecule has 0 radical (unpaired) electrons. The van der Waals surface area contributed by atoms with Gasteiger partial charge >= 0.3 is 0 Å². The van der Waals surface area contributed by atoms with Crippen molar-refractivity contribution in [3.63, 3.8) is 0 Å². The Morgan fingerprint density at radius 2 is 1.95 bits per heavy atom. The van der Waals surface area contributed by atoms with Crippen molar-refractivity contribution in [2.45, 2.75) is 36.2 Å². The quantitative estimate of drug-likeness (QED) is 0.849. The summed E-state index contributed by atoms with van der Waals surface area (Å²) < 4.78 is 0. The van der Waals surface area contributed by atoms with Crippen LogP contribution in [-0.4, -0.2) is 11.5 Å². The van der Waals surface area contributed by atoms with Gasteiger partial charge in [-0.3, -0.25) is 0 Å². The third-order valence-electron chi connectivity index (χ3n) is 2.94. The number of pyridine rings is 1. The molecular weight excluding hydrogens is 252 g/mol. The van der Waals surface area contributed by atoms with Gasteiger partial charge in [0.25, 0.3) is 0 Å². The fourth-order valence-electron chi connectivity index (χ4n) is 1.92. The van der Waals surface area contributed by atoms with Crippen molar-refractivity contribution in [1.82, 2.24) is 10.3 Å². The van der Waals surface area contributed by atoms with Gasteiger partial charge in [-0.2, -0.15) is 0 Å². The number of rotatable bonds is 6. The third-order valence-corrected chi connectivity index (χ3v) is 3.98. The van der Waals surface area contributed by atoms with Crippen LogP contribution >= 0.6 is 11.8 Å². The second-order valence-electron chi connectivity index (χ2n) is 4.48. The van der Waals surface area contributed by atoms with Crippen molar-refractivity contribution >= 4 is 11.8 Å². The van der Waals surface area contributed by atoms with E-state index in [1.807, 2.05) is 24.4 Å². The SMILES string of the molecule is CCCNC(C)c1ccccc1Sc1ccccn1. The number of hydrogen-bond donors (Lipinski definition) is 1. The fourth-order valence-corrected chi connectivity index (χ4v) is 2.92. The molecule has 0 aliphatic heterocycles. The molecule has 1 N–H and O–H groups in total. The lowest BCUT2D eigenvalue weighted by Gasteiger charge is -2.17. The maximum absolute atomic E-state index is 4.38. The van der Waals surface area contributed by atoms with Crippen LogP contribution in [0.15, 0.2) is 58.6 Å². The van der Waals surface area contributed by atoms with Gasteiger partial charge < -0.3 is 5.32 Å². The minimum Gasteiger partial charge on any atom is -0.310 e. The summed E-state index contributed by atoms with van der Waals surface area (Å²) in [6.07, 6.45) is 2.99. The molecule has 0 spiro atoms. The van der Waals surface area contributed by atoms with E-state index in [2.05, 4.69) is 48.4 Å². The Hall–Kier alpha value is -1.32. The lowest BCUT2D eigenvalue weighted by molar-refractivity contribution is 0.564. The van der Waals surface area contributed by atoms with E-state index in [4.69, 9.17) is 0 Å². The average Bonchev–Trinajstić information content (AvgIpc) is 2.46. The van der Waals surface area contributed by atoms with Crippen molar-refractivity contribution in [2.24, 2.45) is 0 Å². The van der Waals surface area contributed by atoms with E-state index in [0.717, 1.165) is 18.0 Å². The highest BCUT2D eigenvalue weighted by atomic mass is 32.2. The summed E-state index contributed by atoms with van der Waals surface area (Å²) in [5.41, 5.74) is 1.34. The van der Waals surface area contributed by atoms with Crippen molar-refractivity contribution in [3.8, 4) is 0 Å². The van der Waals surface area contributed by atoms with E-state index in [-0.39, 0.29) is 0 Å². The van der Waals surface area contributed by atoms with Crippen molar-refractivity contribution < 1.29 is 0 Å². The minimum absolute atomic E-state index is 0.368. The van der Waals surface area contributed by atoms with Gasteiger partial charge in [-0.15, -0.1) is 0 Å².